The smallest absolute Gasteiger partial charge is 0.307 e. The molecule has 1 aliphatic heterocycles. The van der Waals surface area contributed by atoms with Gasteiger partial charge in [-0.1, -0.05) is 46.7 Å². The molecule has 3 aromatic rings. The highest BCUT2D eigenvalue weighted by Crippen LogP contribution is 2.33. The van der Waals surface area contributed by atoms with Gasteiger partial charge >= 0.3 is 5.97 Å². The third kappa shape index (κ3) is 4.61. The third-order valence-corrected chi connectivity index (χ3v) is 6.94. The average molecular weight is 444 g/mol. The van der Waals surface area contributed by atoms with Gasteiger partial charge in [0, 0.05) is 36.7 Å². The van der Waals surface area contributed by atoms with Gasteiger partial charge in [0.25, 0.3) is 0 Å². The first-order chi connectivity index (χ1) is 14.3. The van der Waals surface area contributed by atoms with E-state index in [-0.39, 0.29) is 6.42 Å². The molecule has 2 heterocycles. The molecule has 5 nitrogen and oxygen atoms in total. The summed E-state index contributed by atoms with van der Waals surface area (Å²) in [5.41, 5.74) is 4.14. The molecule has 0 radical (unpaired) electrons. The van der Waals surface area contributed by atoms with Crippen LogP contribution in [-0.4, -0.2) is 46.1 Å². The molecule has 1 saturated heterocycles. The molecule has 0 amide bonds. The van der Waals surface area contributed by atoms with Crippen molar-refractivity contribution in [1.29, 1.82) is 0 Å². The van der Waals surface area contributed by atoms with Crippen LogP contribution in [0.1, 0.15) is 30.5 Å². The van der Waals surface area contributed by atoms with Crippen LogP contribution in [0, 0.1) is 6.92 Å². The number of halogens is 1. The van der Waals surface area contributed by atoms with Crippen molar-refractivity contribution in [3.8, 4) is 0 Å². The summed E-state index contributed by atoms with van der Waals surface area (Å²) in [6.45, 7) is 9.16. The lowest BCUT2D eigenvalue weighted by Crippen LogP contribution is -2.56. The van der Waals surface area contributed by atoms with Crippen molar-refractivity contribution in [2.24, 2.45) is 0 Å². The number of carboxylic acids is 1. The number of rotatable bonds is 5. The van der Waals surface area contributed by atoms with Crippen molar-refractivity contribution in [2.45, 2.75) is 45.8 Å². The van der Waals surface area contributed by atoms with E-state index >= 15 is 0 Å². The highest BCUT2D eigenvalue weighted by Gasteiger charge is 2.31. The molecule has 0 unspecified atom stereocenters. The van der Waals surface area contributed by atoms with Gasteiger partial charge < -0.3 is 10.0 Å². The maximum Gasteiger partial charge on any atom is 0.307 e. The Morgan fingerprint density at radius 2 is 1.87 bits per heavy atom. The number of aromatic nitrogens is 1. The van der Waals surface area contributed by atoms with Crippen LogP contribution in [0.3, 0.4) is 0 Å². The first-order valence-corrected chi connectivity index (χ1v) is 11.4. The van der Waals surface area contributed by atoms with E-state index in [9.17, 15) is 4.79 Å². The summed E-state index contributed by atoms with van der Waals surface area (Å²) in [6.07, 6.45) is 0.0647. The van der Waals surface area contributed by atoms with Gasteiger partial charge in [0.2, 0.25) is 0 Å². The molecule has 1 aliphatic rings. The molecule has 1 fully saturated rings. The number of aryl methyl sites for hydroxylation is 1. The van der Waals surface area contributed by atoms with Gasteiger partial charge in [0.05, 0.1) is 16.6 Å². The second kappa shape index (κ2) is 8.53. The maximum absolute atomic E-state index is 11.1. The third-order valence-electron chi connectivity index (χ3n) is 5.63. The Morgan fingerprint density at radius 1 is 1.17 bits per heavy atom. The number of fused-ring (bicyclic) bond motifs is 1. The molecule has 7 heteroatoms. The number of hydrogen-bond acceptors (Lipinski definition) is 5. The molecule has 1 aromatic heterocycles. The number of benzene rings is 2. The quantitative estimate of drug-likeness (QED) is 0.602. The maximum atomic E-state index is 11.1. The fourth-order valence-corrected chi connectivity index (χ4v) is 5.63. The minimum absolute atomic E-state index is 0.0647. The zero-order chi connectivity index (χ0) is 21.4. The number of carbonyl (C=O) groups is 1. The largest absolute Gasteiger partial charge is 0.481 e. The number of anilines is 1. The van der Waals surface area contributed by atoms with E-state index in [1.54, 1.807) is 11.3 Å². The summed E-state index contributed by atoms with van der Waals surface area (Å²) in [5, 5.41) is 10.9. The first-order valence-electron chi connectivity index (χ1n) is 10.2. The van der Waals surface area contributed by atoms with Crippen molar-refractivity contribution in [3.63, 3.8) is 0 Å². The molecular weight excluding hydrogens is 418 g/mol. The molecule has 2 aromatic carbocycles. The number of nitrogens with zero attached hydrogens (tertiary/aromatic N) is 3. The molecule has 0 aliphatic carbocycles. The fraction of sp³-hybridized carbons (Fsp3) is 0.391. The number of thiazole rings is 1. The van der Waals surface area contributed by atoms with Gasteiger partial charge in [-0.25, -0.2) is 4.98 Å². The lowest BCUT2D eigenvalue weighted by molar-refractivity contribution is -0.136. The van der Waals surface area contributed by atoms with Crippen molar-refractivity contribution in [3.05, 3.63) is 58.1 Å². The van der Waals surface area contributed by atoms with E-state index in [0.29, 0.717) is 12.1 Å². The van der Waals surface area contributed by atoms with Gasteiger partial charge in [-0.2, -0.15) is 0 Å². The topological polar surface area (TPSA) is 56.7 Å². The van der Waals surface area contributed by atoms with Gasteiger partial charge in [0.15, 0.2) is 5.13 Å². The number of aliphatic carboxylic acids is 1. The highest BCUT2D eigenvalue weighted by molar-refractivity contribution is 7.22. The van der Waals surface area contributed by atoms with Crippen LogP contribution in [0.5, 0.6) is 0 Å². The van der Waals surface area contributed by atoms with Crippen LogP contribution in [0.15, 0.2) is 36.4 Å². The Labute approximate surface area is 185 Å². The predicted octanol–water partition coefficient (Wildman–Crippen LogP) is 4.98. The zero-order valence-corrected chi connectivity index (χ0v) is 19.0. The van der Waals surface area contributed by atoms with E-state index in [4.69, 9.17) is 21.7 Å². The molecule has 0 spiro atoms. The molecule has 4 rings (SSSR count). The summed E-state index contributed by atoms with van der Waals surface area (Å²) >= 11 is 7.83. The minimum atomic E-state index is -0.793. The summed E-state index contributed by atoms with van der Waals surface area (Å²) in [7, 11) is 0. The monoisotopic (exact) mass is 443 g/mol. The Hall–Kier alpha value is -2.15. The second-order valence-corrected chi connectivity index (χ2v) is 9.73. The number of hydrogen-bond donors (Lipinski definition) is 1. The van der Waals surface area contributed by atoms with E-state index in [0.717, 1.165) is 51.1 Å². The Kier molecular flexibility index (Phi) is 6.00. The molecule has 158 valence electrons. The standard InChI is InChI=1S/C23H26ClN3O2S/c1-14-6-17(9-22(28)29)8-18(7-14)13-27-15(2)11-26(12-16(27)3)23-25-20-5-4-19(24)10-21(20)30-23/h4-8,10,15-16H,9,11-13H2,1-3H3,(H,28,29)/t15-,16+. The van der Waals surface area contributed by atoms with Crippen LogP contribution in [0.2, 0.25) is 5.02 Å². The summed E-state index contributed by atoms with van der Waals surface area (Å²) in [5.74, 6) is -0.793. The van der Waals surface area contributed by atoms with Crippen molar-refractivity contribution in [2.75, 3.05) is 18.0 Å². The highest BCUT2D eigenvalue weighted by atomic mass is 35.5. The average Bonchev–Trinajstić information content (AvgIpc) is 3.06. The van der Waals surface area contributed by atoms with Crippen LogP contribution < -0.4 is 4.90 Å². The fourth-order valence-electron chi connectivity index (χ4n) is 4.37. The normalized spacial score (nSPS) is 20.1. The Balaban J connectivity index is 1.50. The predicted molar refractivity (Wildman–Crippen MR) is 124 cm³/mol. The molecular formula is C23H26ClN3O2S. The van der Waals surface area contributed by atoms with Crippen LogP contribution in [0.25, 0.3) is 10.2 Å². The van der Waals surface area contributed by atoms with Crippen molar-refractivity contribution >= 4 is 44.3 Å². The van der Waals surface area contributed by atoms with Crippen molar-refractivity contribution in [1.82, 2.24) is 9.88 Å². The van der Waals surface area contributed by atoms with E-state index < -0.39 is 5.97 Å². The Morgan fingerprint density at radius 3 is 2.57 bits per heavy atom. The summed E-state index contributed by atoms with van der Waals surface area (Å²) in [4.78, 5) is 20.8. The van der Waals surface area contributed by atoms with E-state index in [2.05, 4.69) is 29.7 Å². The van der Waals surface area contributed by atoms with Gasteiger partial charge in [-0.05, 0) is 50.1 Å². The molecule has 0 bridgehead atoms. The van der Waals surface area contributed by atoms with Crippen molar-refractivity contribution < 1.29 is 9.90 Å². The number of piperazine rings is 1. The van der Waals surface area contributed by atoms with Gasteiger partial charge in [0.1, 0.15) is 0 Å². The summed E-state index contributed by atoms with van der Waals surface area (Å²) in [6, 6.07) is 12.7. The van der Waals surface area contributed by atoms with E-state index in [1.807, 2.05) is 37.3 Å². The second-order valence-electron chi connectivity index (χ2n) is 8.28. The van der Waals surface area contributed by atoms with Crippen LogP contribution in [0.4, 0.5) is 5.13 Å². The molecule has 30 heavy (non-hydrogen) atoms. The molecule has 2 atom stereocenters. The first kappa shape index (κ1) is 21.1. The van der Waals surface area contributed by atoms with Crippen LogP contribution in [-0.2, 0) is 17.8 Å². The summed E-state index contributed by atoms with van der Waals surface area (Å²) < 4.78 is 1.12. The molecule has 0 saturated carbocycles. The minimum Gasteiger partial charge on any atom is -0.481 e. The Bertz CT molecular complexity index is 1070. The van der Waals surface area contributed by atoms with E-state index in [1.165, 1.54) is 5.56 Å². The molecule has 1 N–H and O–H groups in total. The zero-order valence-electron chi connectivity index (χ0n) is 17.4. The SMILES string of the molecule is Cc1cc(CC(=O)O)cc(CN2[C@H](C)CN(c3nc4ccc(Cl)cc4s3)C[C@@H]2C)c1. The lowest BCUT2D eigenvalue weighted by Gasteiger charge is -2.44. The van der Waals surface area contributed by atoms with Gasteiger partial charge in [-0.3, -0.25) is 9.69 Å². The number of carboxylic acid groups (broad SMARTS) is 1. The van der Waals surface area contributed by atoms with Gasteiger partial charge in [-0.15, -0.1) is 0 Å². The lowest BCUT2D eigenvalue weighted by atomic mass is 10.0. The van der Waals surface area contributed by atoms with Crippen LogP contribution >= 0.6 is 22.9 Å².